The van der Waals surface area contributed by atoms with Gasteiger partial charge in [0.25, 0.3) is 0 Å². The summed E-state index contributed by atoms with van der Waals surface area (Å²) in [6.07, 6.45) is 0. The summed E-state index contributed by atoms with van der Waals surface area (Å²) in [5.74, 6) is -1.10. The molecule has 0 aliphatic heterocycles. The maximum Gasteiger partial charge on any atom is 0.223 e. The van der Waals surface area contributed by atoms with Crippen LogP contribution in [-0.2, 0) is 4.79 Å². The summed E-state index contributed by atoms with van der Waals surface area (Å²) in [7, 11) is 0. The molecule has 5 heteroatoms. The summed E-state index contributed by atoms with van der Waals surface area (Å²) in [4.78, 5) is 10.7. The van der Waals surface area contributed by atoms with Crippen LogP contribution in [0.5, 0.6) is 5.75 Å². The predicted molar refractivity (Wildman–Crippen MR) is 55.3 cm³/mol. The summed E-state index contributed by atoms with van der Waals surface area (Å²) in [5, 5.41) is 0.0327. The van der Waals surface area contributed by atoms with Gasteiger partial charge < -0.3 is 10.5 Å². The normalized spacial score (nSPS) is 12.2. The number of ether oxygens (including phenoxy) is 1. The zero-order valence-electron chi connectivity index (χ0n) is 8.17. The highest BCUT2D eigenvalue weighted by molar-refractivity contribution is 6.30. The molecule has 1 rings (SSSR count). The number of amides is 1. The van der Waals surface area contributed by atoms with Gasteiger partial charge in [0.1, 0.15) is 11.6 Å². The van der Waals surface area contributed by atoms with Gasteiger partial charge >= 0.3 is 0 Å². The van der Waals surface area contributed by atoms with Crippen LogP contribution in [0.25, 0.3) is 0 Å². The second kappa shape index (κ2) is 4.98. The molecule has 1 aromatic carbocycles. The highest BCUT2D eigenvalue weighted by atomic mass is 35.5. The van der Waals surface area contributed by atoms with Gasteiger partial charge in [-0.1, -0.05) is 18.5 Å². The topological polar surface area (TPSA) is 52.3 Å². The van der Waals surface area contributed by atoms with Crippen LogP contribution in [0.3, 0.4) is 0 Å². The van der Waals surface area contributed by atoms with Crippen LogP contribution in [0.1, 0.15) is 6.92 Å². The van der Waals surface area contributed by atoms with Crippen molar-refractivity contribution in [3.05, 3.63) is 29.0 Å². The van der Waals surface area contributed by atoms with Gasteiger partial charge in [-0.15, -0.1) is 0 Å². The Labute approximate surface area is 92.0 Å². The van der Waals surface area contributed by atoms with Gasteiger partial charge in [-0.2, -0.15) is 0 Å². The van der Waals surface area contributed by atoms with E-state index in [0.717, 1.165) is 6.07 Å². The molecule has 1 atom stereocenters. The second-order valence-corrected chi connectivity index (χ2v) is 3.60. The Bertz CT molecular complexity index is 370. The number of halogens is 2. The van der Waals surface area contributed by atoms with Crippen LogP contribution >= 0.6 is 11.6 Å². The molecule has 0 aliphatic rings. The van der Waals surface area contributed by atoms with Gasteiger partial charge in [-0.25, -0.2) is 4.39 Å². The number of rotatable bonds is 4. The first-order chi connectivity index (χ1) is 7.00. The molecule has 0 fully saturated rings. The van der Waals surface area contributed by atoms with E-state index in [1.54, 1.807) is 6.92 Å². The molecule has 1 unspecified atom stereocenters. The molecule has 15 heavy (non-hydrogen) atoms. The van der Waals surface area contributed by atoms with Crippen LogP contribution in [0.2, 0.25) is 5.02 Å². The minimum atomic E-state index is -0.555. The van der Waals surface area contributed by atoms with E-state index in [4.69, 9.17) is 22.1 Å². The molecule has 1 aromatic rings. The van der Waals surface area contributed by atoms with E-state index in [1.165, 1.54) is 12.1 Å². The minimum Gasteiger partial charge on any atom is -0.493 e. The largest absolute Gasteiger partial charge is 0.493 e. The number of hydrogen-bond donors (Lipinski definition) is 1. The highest BCUT2D eigenvalue weighted by Gasteiger charge is 2.09. The fourth-order valence-corrected chi connectivity index (χ4v) is 0.988. The van der Waals surface area contributed by atoms with E-state index < -0.39 is 17.6 Å². The lowest BCUT2D eigenvalue weighted by Gasteiger charge is -2.09. The molecule has 0 radical (unpaired) electrons. The van der Waals surface area contributed by atoms with Crippen molar-refractivity contribution < 1.29 is 13.9 Å². The van der Waals surface area contributed by atoms with Crippen molar-refractivity contribution in [1.82, 2.24) is 0 Å². The molecule has 0 spiro atoms. The molecule has 0 bridgehead atoms. The summed E-state index contributed by atoms with van der Waals surface area (Å²) < 4.78 is 18.1. The van der Waals surface area contributed by atoms with Gasteiger partial charge in [0, 0.05) is 6.07 Å². The van der Waals surface area contributed by atoms with Gasteiger partial charge in [-0.05, 0) is 12.1 Å². The first-order valence-corrected chi connectivity index (χ1v) is 4.75. The number of benzene rings is 1. The lowest BCUT2D eigenvalue weighted by atomic mass is 10.2. The Morgan fingerprint density at radius 2 is 2.33 bits per heavy atom. The van der Waals surface area contributed by atoms with E-state index in [9.17, 15) is 9.18 Å². The van der Waals surface area contributed by atoms with Crippen molar-refractivity contribution in [3.8, 4) is 5.75 Å². The van der Waals surface area contributed by atoms with E-state index in [0.29, 0.717) is 5.75 Å². The Kier molecular flexibility index (Phi) is 3.91. The molecule has 2 N–H and O–H groups in total. The number of hydrogen-bond acceptors (Lipinski definition) is 2. The van der Waals surface area contributed by atoms with Crippen molar-refractivity contribution in [3.63, 3.8) is 0 Å². The SMILES string of the molecule is CC(COc1ccc(Cl)c(F)c1)C(N)=O. The number of nitrogens with two attached hydrogens (primary N) is 1. The van der Waals surface area contributed by atoms with Crippen molar-refractivity contribution in [2.24, 2.45) is 11.7 Å². The molecule has 0 saturated carbocycles. The van der Waals surface area contributed by atoms with Gasteiger partial charge in [-0.3, -0.25) is 4.79 Å². The fourth-order valence-electron chi connectivity index (χ4n) is 0.870. The first-order valence-electron chi connectivity index (χ1n) is 4.38. The average molecular weight is 232 g/mol. The molecule has 82 valence electrons. The summed E-state index contributed by atoms with van der Waals surface area (Å²) in [5.41, 5.74) is 5.04. The molecule has 0 aliphatic carbocycles. The van der Waals surface area contributed by atoms with Gasteiger partial charge in [0.05, 0.1) is 17.5 Å². The number of primary amides is 1. The first kappa shape index (κ1) is 11.8. The third-order valence-corrected chi connectivity index (χ3v) is 2.18. The zero-order valence-corrected chi connectivity index (χ0v) is 8.92. The monoisotopic (exact) mass is 231 g/mol. The standard InChI is InChI=1S/C10H11ClFNO2/c1-6(10(13)14)5-15-7-2-3-8(11)9(12)4-7/h2-4,6H,5H2,1H3,(H2,13,14). The summed E-state index contributed by atoms with van der Waals surface area (Å²) in [6.45, 7) is 1.75. The third-order valence-electron chi connectivity index (χ3n) is 1.88. The lowest BCUT2D eigenvalue weighted by molar-refractivity contribution is -0.122. The highest BCUT2D eigenvalue weighted by Crippen LogP contribution is 2.20. The van der Waals surface area contributed by atoms with Crippen molar-refractivity contribution in [2.45, 2.75) is 6.92 Å². The van der Waals surface area contributed by atoms with E-state index in [-0.39, 0.29) is 11.6 Å². The Balaban J connectivity index is 2.58. The van der Waals surface area contributed by atoms with E-state index in [1.807, 2.05) is 0 Å². The van der Waals surface area contributed by atoms with Crippen molar-refractivity contribution in [1.29, 1.82) is 0 Å². The third kappa shape index (κ3) is 3.40. The Hall–Kier alpha value is -1.29. The molecule has 1 amide bonds. The minimum absolute atomic E-state index is 0.0327. The predicted octanol–water partition coefficient (Wildman–Crippen LogP) is 1.98. The van der Waals surface area contributed by atoms with Gasteiger partial charge in [0.2, 0.25) is 5.91 Å². The fraction of sp³-hybridized carbons (Fsp3) is 0.300. The van der Waals surface area contributed by atoms with Gasteiger partial charge in [0.15, 0.2) is 0 Å². The maximum absolute atomic E-state index is 13.0. The second-order valence-electron chi connectivity index (χ2n) is 3.19. The average Bonchev–Trinajstić information content (AvgIpc) is 2.19. The van der Waals surface area contributed by atoms with E-state index >= 15 is 0 Å². The molecule has 0 saturated heterocycles. The number of carbonyl (C=O) groups is 1. The molecular weight excluding hydrogens is 221 g/mol. The zero-order chi connectivity index (χ0) is 11.4. The van der Waals surface area contributed by atoms with Crippen molar-refractivity contribution in [2.75, 3.05) is 6.61 Å². The number of carbonyl (C=O) groups excluding carboxylic acids is 1. The molecule has 0 aromatic heterocycles. The Morgan fingerprint density at radius 3 is 2.87 bits per heavy atom. The Morgan fingerprint density at radius 1 is 1.67 bits per heavy atom. The van der Waals surface area contributed by atoms with Crippen LogP contribution in [0, 0.1) is 11.7 Å². The summed E-state index contributed by atoms with van der Waals surface area (Å²) in [6, 6.07) is 4.08. The molecule has 0 heterocycles. The lowest BCUT2D eigenvalue weighted by Crippen LogP contribution is -2.25. The van der Waals surface area contributed by atoms with Crippen LogP contribution in [-0.4, -0.2) is 12.5 Å². The molecule has 3 nitrogen and oxygen atoms in total. The van der Waals surface area contributed by atoms with Crippen molar-refractivity contribution >= 4 is 17.5 Å². The van der Waals surface area contributed by atoms with E-state index in [2.05, 4.69) is 0 Å². The summed E-state index contributed by atoms with van der Waals surface area (Å²) >= 11 is 5.49. The smallest absolute Gasteiger partial charge is 0.223 e. The quantitative estimate of drug-likeness (QED) is 0.862. The van der Waals surface area contributed by atoms with Crippen LogP contribution < -0.4 is 10.5 Å². The molecular formula is C10H11ClFNO2. The van der Waals surface area contributed by atoms with Crippen LogP contribution in [0.15, 0.2) is 18.2 Å². The van der Waals surface area contributed by atoms with Crippen LogP contribution in [0.4, 0.5) is 4.39 Å². The maximum atomic E-state index is 13.0.